The van der Waals surface area contributed by atoms with Gasteiger partial charge in [-0.3, -0.25) is 9.48 Å². The van der Waals surface area contributed by atoms with E-state index in [1.807, 2.05) is 17.7 Å². The predicted octanol–water partition coefficient (Wildman–Crippen LogP) is 1.15. The Balaban J connectivity index is 1.73. The Bertz CT molecular complexity index is 622. The Kier molecular flexibility index (Phi) is 3.64. The lowest BCUT2D eigenvalue weighted by atomic mass is 10.3. The van der Waals surface area contributed by atoms with E-state index in [4.69, 9.17) is 4.74 Å². The van der Waals surface area contributed by atoms with Crippen LogP contribution in [0.25, 0.3) is 0 Å². The molecule has 0 aromatic carbocycles. The molecule has 3 heterocycles. The molecule has 0 bridgehead atoms. The quantitative estimate of drug-likeness (QED) is 0.847. The highest BCUT2D eigenvalue weighted by atomic mass is 16.5. The lowest BCUT2D eigenvalue weighted by Crippen LogP contribution is -2.28. The van der Waals surface area contributed by atoms with Crippen LogP contribution in [0.1, 0.15) is 29.5 Å². The van der Waals surface area contributed by atoms with E-state index in [9.17, 15) is 4.79 Å². The summed E-state index contributed by atoms with van der Waals surface area (Å²) < 4.78 is 9.12. The summed E-state index contributed by atoms with van der Waals surface area (Å²) in [4.78, 5) is 14.1. The first-order valence-corrected chi connectivity index (χ1v) is 7.16. The van der Waals surface area contributed by atoms with Crippen molar-refractivity contribution in [2.75, 3.05) is 13.7 Å². The van der Waals surface area contributed by atoms with Gasteiger partial charge in [-0.2, -0.15) is 10.2 Å². The predicted molar refractivity (Wildman–Crippen MR) is 76.0 cm³/mol. The third-order valence-corrected chi connectivity index (χ3v) is 3.58. The Hall–Kier alpha value is -2.31. The summed E-state index contributed by atoms with van der Waals surface area (Å²) in [7, 11) is 1.77. The van der Waals surface area contributed by atoms with Crippen molar-refractivity contribution in [2.24, 2.45) is 0 Å². The van der Waals surface area contributed by atoms with Gasteiger partial charge in [-0.15, -0.1) is 0 Å². The number of aryl methyl sites for hydroxylation is 2. The Labute approximate surface area is 123 Å². The molecule has 0 spiro atoms. The number of hydrogen-bond acceptors (Lipinski definition) is 4. The molecule has 1 aliphatic rings. The molecule has 0 atom stereocenters. The van der Waals surface area contributed by atoms with Crippen molar-refractivity contribution in [3.05, 3.63) is 29.7 Å². The number of ether oxygens (including phenoxy) is 1. The number of rotatable bonds is 4. The normalized spacial score (nSPS) is 13.6. The lowest BCUT2D eigenvalue weighted by molar-refractivity contribution is 0.0774. The number of amides is 1. The van der Waals surface area contributed by atoms with Gasteiger partial charge in [0, 0.05) is 38.8 Å². The minimum Gasteiger partial charge on any atom is -0.478 e. The molecular formula is C14H19N5O2. The summed E-state index contributed by atoms with van der Waals surface area (Å²) in [5.41, 5.74) is 1.44. The van der Waals surface area contributed by atoms with Crippen LogP contribution >= 0.6 is 0 Å². The molecule has 7 heteroatoms. The second-order valence-corrected chi connectivity index (χ2v) is 5.09. The van der Waals surface area contributed by atoms with Gasteiger partial charge < -0.3 is 9.64 Å². The minimum atomic E-state index is -0.107. The van der Waals surface area contributed by atoms with Gasteiger partial charge >= 0.3 is 0 Å². The topological polar surface area (TPSA) is 65.2 Å². The van der Waals surface area contributed by atoms with Crippen LogP contribution in [0.2, 0.25) is 0 Å². The van der Waals surface area contributed by atoms with Crippen molar-refractivity contribution in [3.8, 4) is 5.88 Å². The average Bonchev–Trinajstić information content (AvgIpc) is 3.11. The average molecular weight is 289 g/mol. The smallest absolute Gasteiger partial charge is 0.274 e. The molecular weight excluding hydrogens is 270 g/mol. The molecule has 1 amide bonds. The van der Waals surface area contributed by atoms with Crippen LogP contribution in [0.4, 0.5) is 0 Å². The second kappa shape index (κ2) is 5.59. The highest BCUT2D eigenvalue weighted by molar-refractivity contribution is 5.92. The molecule has 1 aliphatic heterocycles. The maximum absolute atomic E-state index is 12.5. The molecule has 3 rings (SSSR count). The number of carbonyl (C=O) groups is 1. The number of fused-ring (bicyclic) bond motifs is 1. The van der Waals surface area contributed by atoms with E-state index in [-0.39, 0.29) is 5.91 Å². The largest absolute Gasteiger partial charge is 0.478 e. The SMILES string of the molecule is CCn1nccc1CN(C)C(=O)c1cc2n(n1)CCCO2. The van der Waals surface area contributed by atoms with Crippen molar-refractivity contribution < 1.29 is 9.53 Å². The van der Waals surface area contributed by atoms with Gasteiger partial charge in [0.25, 0.3) is 5.91 Å². The van der Waals surface area contributed by atoms with Crippen LogP contribution in [0.15, 0.2) is 18.3 Å². The fraction of sp³-hybridized carbons (Fsp3) is 0.500. The van der Waals surface area contributed by atoms with Crippen LogP contribution < -0.4 is 4.74 Å². The molecule has 0 N–H and O–H groups in total. The van der Waals surface area contributed by atoms with E-state index in [0.29, 0.717) is 24.7 Å². The lowest BCUT2D eigenvalue weighted by Gasteiger charge is -2.16. The Morgan fingerprint density at radius 1 is 1.52 bits per heavy atom. The first kappa shape index (κ1) is 13.7. The molecule has 0 saturated heterocycles. The monoisotopic (exact) mass is 289 g/mol. The molecule has 7 nitrogen and oxygen atoms in total. The van der Waals surface area contributed by atoms with Crippen molar-refractivity contribution in [1.82, 2.24) is 24.5 Å². The van der Waals surface area contributed by atoms with Crippen LogP contribution in [0, 0.1) is 0 Å². The van der Waals surface area contributed by atoms with E-state index in [2.05, 4.69) is 10.2 Å². The molecule has 0 radical (unpaired) electrons. The molecule has 0 saturated carbocycles. The van der Waals surface area contributed by atoms with Crippen molar-refractivity contribution in [3.63, 3.8) is 0 Å². The molecule has 0 aliphatic carbocycles. The molecule has 2 aromatic rings. The summed E-state index contributed by atoms with van der Waals surface area (Å²) in [5, 5.41) is 8.53. The Morgan fingerprint density at radius 3 is 3.14 bits per heavy atom. The van der Waals surface area contributed by atoms with Crippen LogP contribution in [0.3, 0.4) is 0 Å². The standard InChI is InChI=1S/C14H19N5O2/c1-3-18-11(5-6-15-18)10-17(2)14(20)12-9-13-19(16-12)7-4-8-21-13/h5-6,9H,3-4,7-8,10H2,1-2H3. The summed E-state index contributed by atoms with van der Waals surface area (Å²) in [6.07, 6.45) is 2.67. The van der Waals surface area contributed by atoms with Gasteiger partial charge in [0.2, 0.25) is 5.88 Å². The zero-order valence-electron chi connectivity index (χ0n) is 12.3. The van der Waals surface area contributed by atoms with Crippen LogP contribution in [-0.2, 0) is 19.6 Å². The fourth-order valence-electron chi connectivity index (χ4n) is 2.46. The van der Waals surface area contributed by atoms with Crippen LogP contribution in [-0.4, -0.2) is 44.0 Å². The molecule has 2 aromatic heterocycles. The van der Waals surface area contributed by atoms with E-state index in [1.54, 1.807) is 28.9 Å². The fourth-order valence-corrected chi connectivity index (χ4v) is 2.46. The highest BCUT2D eigenvalue weighted by Crippen LogP contribution is 2.19. The zero-order chi connectivity index (χ0) is 14.8. The van der Waals surface area contributed by atoms with Crippen LogP contribution in [0.5, 0.6) is 5.88 Å². The number of aromatic nitrogens is 4. The van der Waals surface area contributed by atoms with E-state index < -0.39 is 0 Å². The van der Waals surface area contributed by atoms with Gasteiger partial charge in [0.1, 0.15) is 0 Å². The van der Waals surface area contributed by atoms with E-state index in [1.165, 1.54) is 0 Å². The molecule has 112 valence electrons. The second-order valence-electron chi connectivity index (χ2n) is 5.09. The van der Waals surface area contributed by atoms with E-state index >= 15 is 0 Å². The summed E-state index contributed by atoms with van der Waals surface area (Å²) in [5.74, 6) is 0.570. The van der Waals surface area contributed by atoms with Gasteiger partial charge in [-0.1, -0.05) is 0 Å². The van der Waals surface area contributed by atoms with Crippen molar-refractivity contribution >= 4 is 5.91 Å². The molecule has 21 heavy (non-hydrogen) atoms. The Morgan fingerprint density at radius 2 is 2.38 bits per heavy atom. The third kappa shape index (κ3) is 2.63. The van der Waals surface area contributed by atoms with E-state index in [0.717, 1.165) is 25.2 Å². The first-order valence-electron chi connectivity index (χ1n) is 7.16. The summed E-state index contributed by atoms with van der Waals surface area (Å²) in [6.45, 7) is 4.81. The minimum absolute atomic E-state index is 0.107. The van der Waals surface area contributed by atoms with Gasteiger partial charge in [0.05, 0.1) is 18.8 Å². The van der Waals surface area contributed by atoms with Crippen molar-refractivity contribution in [1.29, 1.82) is 0 Å². The van der Waals surface area contributed by atoms with Gasteiger partial charge in [-0.25, -0.2) is 4.68 Å². The van der Waals surface area contributed by atoms with Gasteiger partial charge in [-0.05, 0) is 13.0 Å². The first-order chi connectivity index (χ1) is 10.2. The third-order valence-electron chi connectivity index (χ3n) is 3.58. The summed E-state index contributed by atoms with van der Waals surface area (Å²) >= 11 is 0. The maximum Gasteiger partial charge on any atom is 0.274 e. The summed E-state index contributed by atoms with van der Waals surface area (Å²) in [6, 6.07) is 3.64. The maximum atomic E-state index is 12.5. The highest BCUT2D eigenvalue weighted by Gasteiger charge is 2.21. The number of hydrogen-bond donors (Lipinski definition) is 0. The van der Waals surface area contributed by atoms with Gasteiger partial charge in [0.15, 0.2) is 5.69 Å². The zero-order valence-corrected chi connectivity index (χ0v) is 12.3. The number of carbonyl (C=O) groups excluding carboxylic acids is 1. The number of nitrogens with zero attached hydrogens (tertiary/aromatic N) is 5. The molecule has 0 unspecified atom stereocenters. The molecule has 0 fully saturated rings. The van der Waals surface area contributed by atoms with Crippen molar-refractivity contribution in [2.45, 2.75) is 33.0 Å².